The predicted molar refractivity (Wildman–Crippen MR) is 145 cm³/mol. The Morgan fingerprint density at radius 2 is 1.50 bits per heavy atom. The summed E-state index contributed by atoms with van der Waals surface area (Å²) in [6, 6.07) is 27.1. The van der Waals surface area contributed by atoms with E-state index < -0.39 is 6.04 Å². The maximum atomic E-state index is 13.6. The number of rotatable bonds is 14. The van der Waals surface area contributed by atoms with Gasteiger partial charge in [0.1, 0.15) is 11.8 Å². The van der Waals surface area contributed by atoms with E-state index in [1.165, 1.54) is 5.56 Å². The number of hydrogen-bond donors (Lipinski definition) is 1. The average molecular weight is 487 g/mol. The van der Waals surface area contributed by atoms with E-state index in [0.29, 0.717) is 39.0 Å². The molecule has 36 heavy (non-hydrogen) atoms. The monoisotopic (exact) mass is 486 g/mol. The molecule has 3 rings (SSSR count). The van der Waals surface area contributed by atoms with Gasteiger partial charge in [0, 0.05) is 25.9 Å². The van der Waals surface area contributed by atoms with Crippen molar-refractivity contribution in [1.29, 1.82) is 0 Å². The number of unbranched alkanes of at least 4 members (excludes halogenated alkanes) is 1. The molecule has 2 amide bonds. The maximum absolute atomic E-state index is 13.6. The Morgan fingerprint density at radius 1 is 0.861 bits per heavy atom. The van der Waals surface area contributed by atoms with Gasteiger partial charge in [0.25, 0.3) is 0 Å². The first kappa shape index (κ1) is 27.0. The quantitative estimate of drug-likeness (QED) is 0.297. The van der Waals surface area contributed by atoms with Crippen LogP contribution in [0.1, 0.15) is 49.3 Å². The minimum atomic E-state index is -0.588. The van der Waals surface area contributed by atoms with Crippen LogP contribution >= 0.6 is 0 Å². The number of amides is 2. The van der Waals surface area contributed by atoms with Crippen molar-refractivity contribution in [2.45, 2.75) is 58.5 Å². The Kier molecular flexibility index (Phi) is 11.0. The molecule has 0 fully saturated rings. The van der Waals surface area contributed by atoms with Gasteiger partial charge in [-0.2, -0.15) is 0 Å². The Morgan fingerprint density at radius 3 is 2.14 bits per heavy atom. The molecule has 5 nitrogen and oxygen atoms in total. The predicted octanol–water partition coefficient (Wildman–Crippen LogP) is 5.71. The minimum Gasteiger partial charge on any atom is -0.494 e. The van der Waals surface area contributed by atoms with Crippen LogP contribution in [0.15, 0.2) is 84.9 Å². The first-order chi connectivity index (χ1) is 17.6. The average Bonchev–Trinajstić information content (AvgIpc) is 2.91. The molecule has 0 radical (unpaired) electrons. The molecule has 0 unspecified atom stereocenters. The molecule has 0 aliphatic heterocycles. The normalized spacial score (nSPS) is 11.5. The van der Waals surface area contributed by atoms with Crippen molar-refractivity contribution in [3.8, 4) is 5.75 Å². The Bertz CT molecular complexity index is 1050. The van der Waals surface area contributed by atoms with Crippen LogP contribution in [-0.2, 0) is 22.6 Å². The molecule has 190 valence electrons. The molecular formula is C31H38N2O3. The van der Waals surface area contributed by atoms with E-state index in [2.05, 4.69) is 12.2 Å². The second-order valence-electron chi connectivity index (χ2n) is 9.12. The van der Waals surface area contributed by atoms with Crippen molar-refractivity contribution in [3.63, 3.8) is 0 Å². The highest BCUT2D eigenvalue weighted by atomic mass is 16.5. The Balaban J connectivity index is 1.74. The Labute approximate surface area is 215 Å². The highest BCUT2D eigenvalue weighted by Gasteiger charge is 2.30. The first-order valence-electron chi connectivity index (χ1n) is 12.9. The van der Waals surface area contributed by atoms with Gasteiger partial charge in [0.15, 0.2) is 0 Å². The fourth-order valence-corrected chi connectivity index (χ4v) is 4.03. The first-order valence-corrected chi connectivity index (χ1v) is 12.9. The van der Waals surface area contributed by atoms with Gasteiger partial charge in [0.2, 0.25) is 11.8 Å². The van der Waals surface area contributed by atoms with Gasteiger partial charge in [-0.15, -0.1) is 0 Å². The lowest BCUT2D eigenvalue weighted by molar-refractivity contribution is -0.141. The summed E-state index contributed by atoms with van der Waals surface area (Å²) in [7, 11) is 0. The topological polar surface area (TPSA) is 58.6 Å². The van der Waals surface area contributed by atoms with Crippen LogP contribution in [0.4, 0.5) is 0 Å². The molecule has 3 aromatic carbocycles. The molecule has 0 heterocycles. The second-order valence-corrected chi connectivity index (χ2v) is 9.12. The smallest absolute Gasteiger partial charge is 0.243 e. The van der Waals surface area contributed by atoms with E-state index in [4.69, 9.17) is 4.74 Å². The molecule has 0 aliphatic rings. The van der Waals surface area contributed by atoms with Gasteiger partial charge in [-0.05, 0) is 43.0 Å². The largest absolute Gasteiger partial charge is 0.494 e. The summed E-state index contributed by atoms with van der Waals surface area (Å²) in [4.78, 5) is 28.7. The van der Waals surface area contributed by atoms with Crippen molar-refractivity contribution in [2.24, 2.45) is 0 Å². The summed E-state index contributed by atoms with van der Waals surface area (Å²) in [6.07, 6.45) is 3.26. The summed E-state index contributed by atoms with van der Waals surface area (Å²) in [6.45, 7) is 5.57. The molecule has 0 spiro atoms. The fourth-order valence-electron chi connectivity index (χ4n) is 4.03. The van der Waals surface area contributed by atoms with Crippen LogP contribution in [0.2, 0.25) is 0 Å². The third kappa shape index (κ3) is 8.88. The lowest BCUT2D eigenvalue weighted by Gasteiger charge is -2.31. The zero-order valence-electron chi connectivity index (χ0n) is 21.5. The van der Waals surface area contributed by atoms with Gasteiger partial charge < -0.3 is 15.0 Å². The summed E-state index contributed by atoms with van der Waals surface area (Å²) >= 11 is 0. The summed E-state index contributed by atoms with van der Waals surface area (Å²) in [5.41, 5.74) is 3.21. The number of carbonyl (C=O) groups is 2. The highest BCUT2D eigenvalue weighted by molar-refractivity contribution is 5.88. The molecule has 0 aromatic heterocycles. The molecule has 1 N–H and O–H groups in total. The van der Waals surface area contributed by atoms with E-state index in [0.717, 1.165) is 29.7 Å². The van der Waals surface area contributed by atoms with Crippen LogP contribution in [0, 0.1) is 6.92 Å². The van der Waals surface area contributed by atoms with Gasteiger partial charge in [0.05, 0.1) is 6.61 Å². The number of aryl methyl sites for hydroxylation is 1. The van der Waals surface area contributed by atoms with Crippen molar-refractivity contribution < 1.29 is 14.3 Å². The minimum absolute atomic E-state index is 0.0436. The number of carbonyl (C=O) groups excluding carboxylic acids is 2. The van der Waals surface area contributed by atoms with Crippen molar-refractivity contribution >= 4 is 11.8 Å². The fraction of sp³-hybridized carbons (Fsp3) is 0.355. The van der Waals surface area contributed by atoms with Gasteiger partial charge in [-0.3, -0.25) is 9.59 Å². The van der Waals surface area contributed by atoms with Crippen LogP contribution in [0.25, 0.3) is 0 Å². The van der Waals surface area contributed by atoms with E-state index in [1.54, 1.807) is 4.90 Å². The van der Waals surface area contributed by atoms with Gasteiger partial charge in [-0.1, -0.05) is 91.7 Å². The lowest BCUT2D eigenvalue weighted by Crippen LogP contribution is -2.50. The standard InChI is InChI=1S/C31H38N2O3/c1-3-4-21-32-31(35)29(23-26-12-7-5-8-13-26)33(24-27-14-9-6-10-15-27)30(34)16-11-22-36-28-19-17-25(2)18-20-28/h5-10,12-15,17-20,29H,3-4,11,16,21-24H2,1-2H3,(H,32,35)/t29-/m0/s1. The van der Waals surface area contributed by atoms with E-state index in [1.807, 2.05) is 91.9 Å². The van der Waals surface area contributed by atoms with Gasteiger partial charge >= 0.3 is 0 Å². The zero-order valence-corrected chi connectivity index (χ0v) is 21.5. The zero-order chi connectivity index (χ0) is 25.6. The molecule has 3 aromatic rings. The molecule has 0 saturated heterocycles. The van der Waals surface area contributed by atoms with Crippen LogP contribution in [0.3, 0.4) is 0 Å². The molecule has 0 aliphatic carbocycles. The molecule has 5 heteroatoms. The summed E-state index contributed by atoms with van der Waals surface area (Å²) in [5, 5.41) is 3.06. The van der Waals surface area contributed by atoms with E-state index in [9.17, 15) is 9.59 Å². The van der Waals surface area contributed by atoms with Gasteiger partial charge in [-0.25, -0.2) is 0 Å². The van der Waals surface area contributed by atoms with E-state index >= 15 is 0 Å². The molecule has 0 saturated carbocycles. The maximum Gasteiger partial charge on any atom is 0.243 e. The van der Waals surface area contributed by atoms with Crippen LogP contribution < -0.4 is 10.1 Å². The number of nitrogens with one attached hydrogen (secondary N) is 1. The van der Waals surface area contributed by atoms with Crippen molar-refractivity contribution in [1.82, 2.24) is 10.2 Å². The summed E-state index contributed by atoms with van der Waals surface area (Å²) in [5.74, 6) is 0.650. The molecule has 1 atom stereocenters. The second kappa shape index (κ2) is 14.7. The summed E-state index contributed by atoms with van der Waals surface area (Å²) < 4.78 is 5.83. The third-order valence-electron chi connectivity index (χ3n) is 6.12. The molecular weight excluding hydrogens is 448 g/mol. The van der Waals surface area contributed by atoms with E-state index in [-0.39, 0.29) is 11.8 Å². The van der Waals surface area contributed by atoms with Crippen LogP contribution in [0.5, 0.6) is 5.75 Å². The SMILES string of the molecule is CCCCNC(=O)[C@H](Cc1ccccc1)N(Cc1ccccc1)C(=O)CCCOc1ccc(C)cc1. The van der Waals surface area contributed by atoms with Crippen molar-refractivity contribution in [3.05, 3.63) is 102 Å². The third-order valence-corrected chi connectivity index (χ3v) is 6.12. The van der Waals surface area contributed by atoms with Crippen LogP contribution in [-0.4, -0.2) is 35.9 Å². The Hall–Kier alpha value is -3.60. The highest BCUT2D eigenvalue weighted by Crippen LogP contribution is 2.17. The van der Waals surface area contributed by atoms with Crippen molar-refractivity contribution in [2.75, 3.05) is 13.2 Å². The number of ether oxygens (including phenoxy) is 1. The number of nitrogens with zero attached hydrogens (tertiary/aromatic N) is 1. The number of hydrogen-bond acceptors (Lipinski definition) is 3. The number of benzene rings is 3. The lowest BCUT2D eigenvalue weighted by atomic mass is 10.0. The molecule has 0 bridgehead atoms.